The van der Waals surface area contributed by atoms with Crippen LogP contribution in [0.5, 0.6) is 0 Å². The van der Waals surface area contributed by atoms with Gasteiger partial charge in [0.2, 0.25) is 0 Å². The van der Waals surface area contributed by atoms with Crippen LogP contribution >= 0.6 is 22.7 Å². The summed E-state index contributed by atoms with van der Waals surface area (Å²) >= 11 is 2.88. The van der Waals surface area contributed by atoms with E-state index in [1.54, 1.807) is 31.2 Å². The Balaban J connectivity index is 1.48. The number of aromatic nitrogens is 2. The molecule has 0 aliphatic carbocycles. The summed E-state index contributed by atoms with van der Waals surface area (Å²) in [5.74, 6) is -0.153. The van der Waals surface area contributed by atoms with Gasteiger partial charge in [0.25, 0.3) is 5.91 Å². The Labute approximate surface area is 181 Å². The number of thiazole rings is 2. The second kappa shape index (κ2) is 8.56. The van der Waals surface area contributed by atoms with Crippen molar-refractivity contribution in [2.45, 2.75) is 13.8 Å². The number of aryl methyl sites for hydroxylation is 1. The number of hydrogen-bond donors (Lipinski definition) is 2. The van der Waals surface area contributed by atoms with E-state index < -0.39 is 0 Å². The Kier molecular flexibility index (Phi) is 5.69. The van der Waals surface area contributed by atoms with Crippen LogP contribution in [0.2, 0.25) is 0 Å². The number of carbonyl (C=O) groups excluding carboxylic acids is 2. The number of amides is 1. The fraction of sp³-hybridized carbons (Fsp3) is 0.0909. The summed E-state index contributed by atoms with van der Waals surface area (Å²) in [6.45, 7) is 3.44. The zero-order valence-corrected chi connectivity index (χ0v) is 17.9. The number of nitrogens with zero attached hydrogens (tertiary/aromatic N) is 2. The van der Waals surface area contributed by atoms with Gasteiger partial charge in [-0.3, -0.25) is 14.9 Å². The first-order valence-corrected chi connectivity index (χ1v) is 10.9. The van der Waals surface area contributed by atoms with Gasteiger partial charge in [0.1, 0.15) is 0 Å². The van der Waals surface area contributed by atoms with Gasteiger partial charge in [0.05, 0.1) is 16.3 Å². The van der Waals surface area contributed by atoms with Crippen LogP contribution in [-0.4, -0.2) is 21.7 Å². The highest BCUT2D eigenvalue weighted by Crippen LogP contribution is 2.35. The van der Waals surface area contributed by atoms with Gasteiger partial charge in [-0.2, -0.15) is 0 Å². The molecule has 0 bridgehead atoms. The molecule has 4 aromatic rings. The van der Waals surface area contributed by atoms with Crippen LogP contribution < -0.4 is 10.6 Å². The lowest BCUT2D eigenvalue weighted by molar-refractivity contribution is 0.101. The number of rotatable bonds is 6. The summed E-state index contributed by atoms with van der Waals surface area (Å²) in [6, 6.07) is 16.3. The third kappa shape index (κ3) is 4.45. The van der Waals surface area contributed by atoms with E-state index in [4.69, 9.17) is 0 Å². The second-order valence-electron chi connectivity index (χ2n) is 6.55. The summed E-state index contributed by atoms with van der Waals surface area (Å²) in [5.41, 5.74) is 3.73. The van der Waals surface area contributed by atoms with Crippen LogP contribution in [0.3, 0.4) is 0 Å². The standard InChI is InChI=1S/C22H18N4O2S2/c1-13-19(30-22(23-13)26-20(28)16-6-4-3-5-7-16)18-12-29-21(25-18)24-17-10-8-15(9-11-17)14(2)27/h3-12H,1-2H3,(H,24,25)(H,23,26,28). The molecule has 4 rings (SSSR count). The largest absolute Gasteiger partial charge is 0.332 e. The summed E-state index contributed by atoms with van der Waals surface area (Å²) in [4.78, 5) is 33.8. The van der Waals surface area contributed by atoms with Gasteiger partial charge < -0.3 is 5.32 Å². The van der Waals surface area contributed by atoms with Crippen molar-refractivity contribution in [2.75, 3.05) is 10.6 Å². The molecule has 2 N–H and O–H groups in total. The molecule has 6 nitrogen and oxygen atoms in total. The molecule has 0 spiro atoms. The zero-order valence-electron chi connectivity index (χ0n) is 16.3. The third-order valence-corrected chi connectivity index (χ3v) is 6.19. The Morgan fingerprint density at radius 3 is 2.33 bits per heavy atom. The number of anilines is 3. The van der Waals surface area contributed by atoms with Crippen molar-refractivity contribution < 1.29 is 9.59 Å². The minimum absolute atomic E-state index is 0.0360. The molecule has 0 radical (unpaired) electrons. The van der Waals surface area contributed by atoms with E-state index in [1.807, 2.05) is 42.6 Å². The predicted octanol–water partition coefficient (Wildman–Crippen LogP) is 5.77. The van der Waals surface area contributed by atoms with Gasteiger partial charge in [-0.05, 0) is 50.2 Å². The van der Waals surface area contributed by atoms with E-state index in [0.29, 0.717) is 16.3 Å². The van der Waals surface area contributed by atoms with Crippen molar-refractivity contribution in [1.82, 2.24) is 9.97 Å². The van der Waals surface area contributed by atoms with E-state index in [2.05, 4.69) is 20.6 Å². The third-order valence-electron chi connectivity index (χ3n) is 4.33. The number of hydrogen-bond acceptors (Lipinski definition) is 7. The molecule has 0 saturated carbocycles. The molecule has 0 fully saturated rings. The van der Waals surface area contributed by atoms with Crippen molar-refractivity contribution in [2.24, 2.45) is 0 Å². The minimum atomic E-state index is -0.189. The minimum Gasteiger partial charge on any atom is -0.332 e. The summed E-state index contributed by atoms with van der Waals surface area (Å²) in [7, 11) is 0. The number of benzene rings is 2. The molecule has 1 amide bonds. The maximum Gasteiger partial charge on any atom is 0.257 e. The van der Waals surface area contributed by atoms with Crippen molar-refractivity contribution in [3.05, 3.63) is 76.8 Å². The number of nitrogens with one attached hydrogen (secondary N) is 2. The van der Waals surface area contributed by atoms with E-state index in [9.17, 15) is 9.59 Å². The fourth-order valence-corrected chi connectivity index (χ4v) is 4.51. The van der Waals surface area contributed by atoms with Gasteiger partial charge >= 0.3 is 0 Å². The Morgan fingerprint density at radius 2 is 1.63 bits per heavy atom. The Morgan fingerprint density at radius 1 is 0.900 bits per heavy atom. The number of Topliss-reactive ketones (excluding diaryl/α,β-unsaturated/α-hetero) is 1. The first-order chi connectivity index (χ1) is 14.5. The topological polar surface area (TPSA) is 84.0 Å². The molecule has 8 heteroatoms. The average Bonchev–Trinajstić information content (AvgIpc) is 3.35. The second-order valence-corrected chi connectivity index (χ2v) is 8.41. The highest BCUT2D eigenvalue weighted by Gasteiger charge is 2.15. The van der Waals surface area contributed by atoms with Crippen LogP contribution in [0.1, 0.15) is 33.3 Å². The molecule has 2 aromatic heterocycles. The molecule has 0 unspecified atom stereocenters. The maximum atomic E-state index is 12.4. The van der Waals surface area contributed by atoms with Crippen LogP contribution in [0.25, 0.3) is 10.6 Å². The first-order valence-electron chi connectivity index (χ1n) is 9.17. The highest BCUT2D eigenvalue weighted by atomic mass is 32.1. The normalized spacial score (nSPS) is 10.6. The summed E-state index contributed by atoms with van der Waals surface area (Å²) < 4.78 is 0. The molecule has 0 saturated heterocycles. The van der Waals surface area contributed by atoms with E-state index in [1.165, 1.54) is 22.7 Å². The van der Waals surface area contributed by atoms with Crippen LogP contribution in [0.4, 0.5) is 16.0 Å². The monoisotopic (exact) mass is 434 g/mol. The molecule has 0 atom stereocenters. The molecule has 0 aliphatic rings. The Bertz CT molecular complexity index is 1200. The molecular formula is C22H18N4O2S2. The molecule has 0 aliphatic heterocycles. The van der Waals surface area contributed by atoms with Crippen LogP contribution in [-0.2, 0) is 0 Å². The Hall–Kier alpha value is -3.36. The highest BCUT2D eigenvalue weighted by molar-refractivity contribution is 7.20. The summed E-state index contributed by atoms with van der Waals surface area (Å²) in [6.07, 6.45) is 0. The molecule has 2 aromatic carbocycles. The molecule has 2 heterocycles. The summed E-state index contributed by atoms with van der Waals surface area (Å²) in [5, 5.41) is 9.34. The molecule has 30 heavy (non-hydrogen) atoms. The van der Waals surface area contributed by atoms with Crippen molar-refractivity contribution in [1.29, 1.82) is 0 Å². The van der Waals surface area contributed by atoms with Crippen LogP contribution in [0.15, 0.2) is 60.0 Å². The molecular weight excluding hydrogens is 416 g/mol. The average molecular weight is 435 g/mol. The maximum absolute atomic E-state index is 12.4. The smallest absolute Gasteiger partial charge is 0.257 e. The quantitative estimate of drug-likeness (QED) is 0.376. The van der Waals surface area contributed by atoms with Gasteiger partial charge in [-0.25, -0.2) is 9.97 Å². The van der Waals surface area contributed by atoms with Gasteiger partial charge in [-0.1, -0.05) is 29.5 Å². The van der Waals surface area contributed by atoms with E-state index in [0.717, 1.165) is 27.1 Å². The predicted molar refractivity (Wildman–Crippen MR) is 122 cm³/mol. The van der Waals surface area contributed by atoms with E-state index in [-0.39, 0.29) is 11.7 Å². The molecule has 150 valence electrons. The lowest BCUT2D eigenvalue weighted by Crippen LogP contribution is -2.11. The van der Waals surface area contributed by atoms with Gasteiger partial charge in [-0.15, -0.1) is 11.3 Å². The number of carbonyl (C=O) groups is 2. The SMILES string of the molecule is CC(=O)c1ccc(Nc2nc(-c3sc(NC(=O)c4ccccc4)nc3C)cs2)cc1. The lowest BCUT2D eigenvalue weighted by Gasteiger charge is -2.03. The lowest BCUT2D eigenvalue weighted by atomic mass is 10.1. The van der Waals surface area contributed by atoms with Crippen molar-refractivity contribution in [3.63, 3.8) is 0 Å². The number of ketones is 1. The van der Waals surface area contributed by atoms with Gasteiger partial charge in [0.15, 0.2) is 16.0 Å². The van der Waals surface area contributed by atoms with Crippen molar-refractivity contribution in [3.8, 4) is 10.6 Å². The van der Waals surface area contributed by atoms with E-state index >= 15 is 0 Å². The first kappa shape index (κ1) is 19.9. The van der Waals surface area contributed by atoms with Gasteiger partial charge in [0, 0.05) is 22.2 Å². The fourth-order valence-electron chi connectivity index (χ4n) is 2.79. The van der Waals surface area contributed by atoms with Crippen LogP contribution in [0, 0.1) is 6.92 Å². The van der Waals surface area contributed by atoms with Crippen molar-refractivity contribution >= 4 is 50.3 Å². The zero-order chi connectivity index (χ0) is 21.1.